The molecule has 4 heterocycles. The number of carboxylic acid groups (broad SMARTS) is 1. The van der Waals surface area contributed by atoms with E-state index in [0.717, 1.165) is 18.5 Å². The van der Waals surface area contributed by atoms with Crippen LogP contribution in [-0.4, -0.2) is 55.6 Å². The van der Waals surface area contributed by atoms with E-state index in [-0.39, 0.29) is 22.4 Å². The Labute approximate surface area is 143 Å². The molecule has 23 heavy (non-hydrogen) atoms. The molecule has 0 aromatic rings. The molecule has 1 unspecified atom stereocenters. The average Bonchev–Trinajstić information content (AvgIpc) is 3.01. The molecule has 1 amide bonds. The Balaban J connectivity index is 1.50. The molecule has 2 fully saturated rings. The molecule has 0 saturated carbocycles. The van der Waals surface area contributed by atoms with Gasteiger partial charge in [-0.2, -0.15) is 0 Å². The Hall–Kier alpha value is -1.34. The second-order valence-corrected chi connectivity index (χ2v) is 8.30. The Kier molecular flexibility index (Phi) is 3.93. The molecule has 0 aromatic carbocycles. The van der Waals surface area contributed by atoms with Crippen molar-refractivity contribution in [2.45, 2.75) is 30.0 Å². The topological polar surface area (TPSA) is 60.9 Å². The van der Waals surface area contributed by atoms with Gasteiger partial charge in [0.05, 0.1) is 17.2 Å². The van der Waals surface area contributed by atoms with Gasteiger partial charge in [0.2, 0.25) is 5.91 Å². The number of β-lactam (4-membered cyclic amide) rings is 1. The van der Waals surface area contributed by atoms with Crippen molar-refractivity contribution in [2.24, 2.45) is 0 Å². The maximum atomic E-state index is 11.8. The first kappa shape index (κ1) is 15.2. The Bertz CT molecular complexity index is 656. The van der Waals surface area contributed by atoms with Crippen molar-refractivity contribution in [3.63, 3.8) is 0 Å². The van der Waals surface area contributed by atoms with Crippen LogP contribution in [0, 0.1) is 0 Å². The fourth-order valence-electron chi connectivity index (χ4n) is 3.47. The summed E-state index contributed by atoms with van der Waals surface area (Å²) in [5, 5.41) is 9.84. The van der Waals surface area contributed by atoms with Gasteiger partial charge in [0.1, 0.15) is 5.70 Å². The van der Waals surface area contributed by atoms with Gasteiger partial charge in [0.15, 0.2) is 0 Å². The van der Waals surface area contributed by atoms with Gasteiger partial charge in [-0.05, 0) is 24.5 Å². The molecule has 7 heteroatoms. The standard InChI is InChI=1S/C16H18N2O3S2/c19-12-7-14-18(12)15(16(20)21)10(9-23-14)8-22-13-5-1-3-11-4-2-6-17(11)13/h1,3,5,13-14H,2,4,6-9H2,(H,20,21)/t13?,14-/m0/s1. The van der Waals surface area contributed by atoms with Crippen molar-refractivity contribution in [1.82, 2.24) is 9.80 Å². The molecule has 0 bridgehead atoms. The highest BCUT2D eigenvalue weighted by molar-refractivity contribution is 8.01. The first-order valence-corrected chi connectivity index (χ1v) is 9.89. The summed E-state index contributed by atoms with van der Waals surface area (Å²) in [4.78, 5) is 27.3. The largest absolute Gasteiger partial charge is 0.477 e. The third-order valence-electron chi connectivity index (χ3n) is 4.63. The van der Waals surface area contributed by atoms with Gasteiger partial charge in [-0.15, -0.1) is 23.5 Å². The van der Waals surface area contributed by atoms with E-state index >= 15 is 0 Å². The zero-order valence-corrected chi connectivity index (χ0v) is 14.2. The number of amides is 1. The molecule has 122 valence electrons. The van der Waals surface area contributed by atoms with Crippen molar-refractivity contribution in [3.05, 3.63) is 35.2 Å². The summed E-state index contributed by atoms with van der Waals surface area (Å²) >= 11 is 3.44. The minimum absolute atomic E-state index is 0.0324. The van der Waals surface area contributed by atoms with Crippen LogP contribution in [0.2, 0.25) is 0 Å². The van der Waals surface area contributed by atoms with E-state index < -0.39 is 5.97 Å². The highest BCUT2D eigenvalue weighted by Gasteiger charge is 2.45. The molecule has 0 spiro atoms. The number of carboxylic acids is 1. The van der Waals surface area contributed by atoms with Gasteiger partial charge in [0.25, 0.3) is 0 Å². The highest BCUT2D eigenvalue weighted by Crippen LogP contribution is 2.41. The summed E-state index contributed by atoms with van der Waals surface area (Å²) in [6.45, 7) is 1.07. The fourth-order valence-corrected chi connectivity index (χ4v) is 6.10. The van der Waals surface area contributed by atoms with E-state index in [4.69, 9.17) is 0 Å². The first-order chi connectivity index (χ1) is 11.1. The van der Waals surface area contributed by atoms with E-state index in [1.807, 2.05) is 0 Å². The van der Waals surface area contributed by atoms with Gasteiger partial charge in [-0.25, -0.2) is 4.79 Å². The van der Waals surface area contributed by atoms with Crippen LogP contribution < -0.4 is 0 Å². The number of allylic oxidation sites excluding steroid dienone is 3. The summed E-state index contributed by atoms with van der Waals surface area (Å²) in [5.41, 5.74) is 2.49. The molecule has 2 atom stereocenters. The minimum Gasteiger partial charge on any atom is -0.477 e. The van der Waals surface area contributed by atoms with E-state index in [9.17, 15) is 14.7 Å². The lowest BCUT2D eigenvalue weighted by Crippen LogP contribution is -2.54. The zero-order valence-electron chi connectivity index (χ0n) is 12.6. The second-order valence-electron chi connectivity index (χ2n) is 6.03. The van der Waals surface area contributed by atoms with Crippen LogP contribution in [0.25, 0.3) is 0 Å². The molecular weight excluding hydrogens is 332 g/mol. The molecule has 0 aliphatic carbocycles. The van der Waals surface area contributed by atoms with Crippen LogP contribution in [0.5, 0.6) is 0 Å². The number of nitrogens with zero attached hydrogens (tertiary/aromatic N) is 2. The van der Waals surface area contributed by atoms with Crippen LogP contribution in [0.3, 0.4) is 0 Å². The van der Waals surface area contributed by atoms with E-state index in [2.05, 4.69) is 23.1 Å². The summed E-state index contributed by atoms with van der Waals surface area (Å²) < 4.78 is 0. The number of carbonyl (C=O) groups excluding carboxylic acids is 1. The fraction of sp³-hybridized carbons (Fsp3) is 0.500. The molecule has 5 nitrogen and oxygen atoms in total. The summed E-state index contributed by atoms with van der Waals surface area (Å²) in [6.07, 6.45) is 9.23. The first-order valence-electron chi connectivity index (χ1n) is 7.80. The van der Waals surface area contributed by atoms with Crippen molar-refractivity contribution < 1.29 is 14.7 Å². The van der Waals surface area contributed by atoms with Crippen molar-refractivity contribution in [3.8, 4) is 0 Å². The van der Waals surface area contributed by atoms with Crippen molar-refractivity contribution in [2.75, 3.05) is 18.1 Å². The monoisotopic (exact) mass is 350 g/mol. The molecule has 2 saturated heterocycles. The molecule has 0 radical (unpaired) electrons. The smallest absolute Gasteiger partial charge is 0.352 e. The summed E-state index contributed by atoms with van der Waals surface area (Å²) in [6, 6.07) is 0. The molecule has 4 aliphatic heterocycles. The Morgan fingerprint density at radius 2 is 2.35 bits per heavy atom. The molecular formula is C16H18N2O3S2. The lowest BCUT2D eigenvalue weighted by atomic mass is 10.1. The quantitative estimate of drug-likeness (QED) is 0.785. The number of hydrogen-bond donors (Lipinski definition) is 1. The number of aliphatic carboxylic acids is 1. The maximum absolute atomic E-state index is 11.8. The van der Waals surface area contributed by atoms with Gasteiger partial charge >= 0.3 is 5.97 Å². The summed E-state index contributed by atoms with van der Waals surface area (Å²) in [7, 11) is 0. The average molecular weight is 350 g/mol. The maximum Gasteiger partial charge on any atom is 0.352 e. The van der Waals surface area contributed by atoms with Gasteiger partial charge in [0, 0.05) is 23.7 Å². The third-order valence-corrected chi connectivity index (χ3v) is 7.18. The van der Waals surface area contributed by atoms with E-state index in [1.54, 1.807) is 23.5 Å². The van der Waals surface area contributed by atoms with Crippen molar-refractivity contribution >= 4 is 35.4 Å². The molecule has 0 aromatic heterocycles. The number of thioether (sulfide) groups is 2. The van der Waals surface area contributed by atoms with Crippen LogP contribution in [-0.2, 0) is 9.59 Å². The Morgan fingerprint density at radius 1 is 1.48 bits per heavy atom. The SMILES string of the molecule is O=C(O)C1=C(CSC2C=CC=C3CCCN32)CS[C@H]2CC(=O)N12. The van der Waals surface area contributed by atoms with Crippen LogP contribution >= 0.6 is 23.5 Å². The lowest BCUT2D eigenvalue weighted by molar-refractivity contribution is -0.146. The van der Waals surface area contributed by atoms with Crippen molar-refractivity contribution in [1.29, 1.82) is 0 Å². The number of carbonyl (C=O) groups is 2. The molecule has 4 aliphatic rings. The predicted octanol–water partition coefficient (Wildman–Crippen LogP) is 2.24. The number of hydrogen-bond acceptors (Lipinski definition) is 5. The van der Waals surface area contributed by atoms with E-state index in [0.29, 0.717) is 17.9 Å². The number of fused-ring (bicyclic) bond motifs is 2. The lowest BCUT2D eigenvalue weighted by Gasteiger charge is -2.44. The molecule has 1 N–H and O–H groups in total. The van der Waals surface area contributed by atoms with Crippen LogP contribution in [0.15, 0.2) is 35.2 Å². The van der Waals surface area contributed by atoms with E-state index in [1.165, 1.54) is 17.0 Å². The normalized spacial score (nSPS) is 29.2. The number of rotatable bonds is 4. The second kappa shape index (κ2) is 5.94. The summed E-state index contributed by atoms with van der Waals surface area (Å²) in [5.74, 6) is 0.330. The minimum atomic E-state index is -0.972. The highest BCUT2D eigenvalue weighted by atomic mass is 32.2. The Morgan fingerprint density at radius 3 is 3.13 bits per heavy atom. The predicted molar refractivity (Wildman–Crippen MR) is 91.8 cm³/mol. The van der Waals surface area contributed by atoms with Gasteiger partial charge in [-0.3, -0.25) is 9.69 Å². The molecule has 4 rings (SSSR count). The van der Waals surface area contributed by atoms with Gasteiger partial charge < -0.3 is 10.0 Å². The van der Waals surface area contributed by atoms with Crippen LogP contribution in [0.4, 0.5) is 0 Å². The third kappa shape index (κ3) is 2.59. The van der Waals surface area contributed by atoms with Gasteiger partial charge in [-0.1, -0.05) is 12.2 Å². The zero-order chi connectivity index (χ0) is 16.0. The van der Waals surface area contributed by atoms with Crippen LogP contribution in [0.1, 0.15) is 19.3 Å².